The topological polar surface area (TPSA) is 130 Å². The van der Waals surface area contributed by atoms with Crippen molar-refractivity contribution in [1.82, 2.24) is 0 Å². The highest BCUT2D eigenvalue weighted by Crippen LogP contribution is 2.69. The van der Waals surface area contributed by atoms with Crippen LogP contribution in [0.25, 0.3) is 0 Å². The Morgan fingerprint density at radius 3 is 2.49 bits per heavy atom. The summed E-state index contributed by atoms with van der Waals surface area (Å²) in [6, 6.07) is 0. The van der Waals surface area contributed by atoms with Crippen LogP contribution in [-0.4, -0.2) is 72.5 Å². The lowest BCUT2D eigenvalue weighted by Gasteiger charge is -2.62. The third-order valence-corrected chi connectivity index (χ3v) is 10.0. The molecule has 0 unspecified atom stereocenters. The van der Waals surface area contributed by atoms with Gasteiger partial charge in [0.1, 0.15) is 18.3 Å². The van der Waals surface area contributed by atoms with E-state index in [1.165, 1.54) is 13.8 Å². The number of fused-ring (bicyclic) bond motifs is 3. The lowest BCUT2D eigenvalue weighted by Crippen LogP contribution is -2.72. The van der Waals surface area contributed by atoms with Crippen LogP contribution in [0.1, 0.15) is 60.8 Å². The number of aliphatic hydroxyl groups excluding tert-OH is 1. The zero-order chi connectivity index (χ0) is 28.3. The monoisotopic (exact) mass is 548 g/mol. The smallest absolute Gasteiger partial charge is 0.309 e. The Morgan fingerprint density at radius 1 is 1.18 bits per heavy atom. The second-order valence-electron chi connectivity index (χ2n) is 12.0. The normalized spacial score (nSPS) is 44.5. The zero-order valence-electron chi connectivity index (χ0n) is 23.5. The minimum atomic E-state index is -1.24. The summed E-state index contributed by atoms with van der Waals surface area (Å²) in [4.78, 5) is 37.6. The number of aliphatic hydroxyl groups is 1. The van der Waals surface area contributed by atoms with Crippen molar-refractivity contribution in [2.75, 3.05) is 13.2 Å². The van der Waals surface area contributed by atoms with E-state index >= 15 is 0 Å². The molecule has 0 amide bonds. The van der Waals surface area contributed by atoms with E-state index in [9.17, 15) is 19.5 Å². The Hall–Kier alpha value is -2.43. The molecule has 10 heteroatoms. The van der Waals surface area contributed by atoms with E-state index in [2.05, 4.69) is 6.92 Å². The summed E-state index contributed by atoms with van der Waals surface area (Å²) in [7, 11) is 0. The lowest BCUT2D eigenvalue weighted by atomic mass is 9.44. The molecular formula is C29H40O10. The van der Waals surface area contributed by atoms with Gasteiger partial charge in [-0.15, -0.1) is 0 Å². The average Bonchev–Trinajstić information content (AvgIpc) is 3.36. The van der Waals surface area contributed by atoms with Crippen molar-refractivity contribution in [1.29, 1.82) is 0 Å². The van der Waals surface area contributed by atoms with Crippen molar-refractivity contribution >= 4 is 17.9 Å². The molecule has 2 aliphatic carbocycles. The average molecular weight is 549 g/mol. The van der Waals surface area contributed by atoms with Gasteiger partial charge in [-0.05, 0) is 44.3 Å². The summed E-state index contributed by atoms with van der Waals surface area (Å²) in [5, 5.41) is 11.6. The van der Waals surface area contributed by atoms with Crippen LogP contribution < -0.4 is 0 Å². The number of ether oxygens (including phenoxy) is 6. The molecule has 39 heavy (non-hydrogen) atoms. The SMILES string of the molecule is CC[C@H](C)C(=O)O[C@H]1[C@H](O)C[C@@H]2[C@@](C)([C@@H]3C[C@H]4C=CO[C@@H]4O3)C(C)=C[C@H](OC(C)=O)[C@@]2(COC(C)=O)[C@@]12CO2. The van der Waals surface area contributed by atoms with E-state index < -0.39 is 64.9 Å². The van der Waals surface area contributed by atoms with Crippen LogP contribution in [0.4, 0.5) is 0 Å². The largest absolute Gasteiger partial charge is 0.472 e. The van der Waals surface area contributed by atoms with E-state index in [1.54, 1.807) is 13.2 Å². The number of esters is 3. The quantitative estimate of drug-likeness (QED) is 0.219. The Kier molecular flexibility index (Phi) is 7.13. The van der Waals surface area contributed by atoms with Crippen LogP contribution in [0, 0.1) is 28.6 Å². The molecule has 5 rings (SSSR count). The molecule has 0 bridgehead atoms. The first-order valence-corrected chi connectivity index (χ1v) is 13.9. The predicted molar refractivity (Wildman–Crippen MR) is 136 cm³/mol. The van der Waals surface area contributed by atoms with Crippen LogP contribution in [0.3, 0.4) is 0 Å². The van der Waals surface area contributed by atoms with Gasteiger partial charge in [0.15, 0.2) is 6.10 Å². The number of hydrogen-bond donors (Lipinski definition) is 1. The van der Waals surface area contributed by atoms with Gasteiger partial charge in [0, 0.05) is 25.2 Å². The van der Waals surface area contributed by atoms with Crippen LogP contribution in [0.15, 0.2) is 24.0 Å². The minimum absolute atomic E-state index is 0.0950. The first-order chi connectivity index (χ1) is 18.4. The first-order valence-electron chi connectivity index (χ1n) is 13.9. The van der Waals surface area contributed by atoms with Crippen LogP contribution >= 0.6 is 0 Å². The first kappa shape index (κ1) is 28.1. The minimum Gasteiger partial charge on any atom is -0.472 e. The number of hydrogen-bond acceptors (Lipinski definition) is 10. The van der Waals surface area contributed by atoms with Crippen LogP contribution in [0.2, 0.25) is 0 Å². The van der Waals surface area contributed by atoms with Gasteiger partial charge in [-0.25, -0.2) is 0 Å². The number of epoxide rings is 1. The molecule has 3 aliphatic heterocycles. The van der Waals surface area contributed by atoms with Gasteiger partial charge in [-0.1, -0.05) is 26.3 Å². The second kappa shape index (κ2) is 9.89. The fourth-order valence-electron chi connectivity index (χ4n) is 7.50. The van der Waals surface area contributed by atoms with Crippen molar-refractivity contribution in [3.63, 3.8) is 0 Å². The molecular weight excluding hydrogens is 508 g/mol. The molecule has 0 aromatic carbocycles. The van der Waals surface area contributed by atoms with E-state index in [-0.39, 0.29) is 37.6 Å². The maximum atomic E-state index is 13.0. The number of carbonyl (C=O) groups excluding carboxylic acids is 3. The molecule has 216 valence electrons. The van der Waals surface area contributed by atoms with Crippen molar-refractivity contribution < 1.29 is 47.9 Å². The standard InChI is InChI=1S/C29H40O10/c1-7-15(2)25(33)39-24-20(32)12-21-27(6,22-11-19-8-9-34-26(19)38-22)16(3)10-23(37-18(5)31)28(21,13-35-17(4)30)29(24)14-36-29/h8-10,15,19-24,26,32H,7,11-14H2,1-6H3/t15-,19+,20+,21+,22-,23-,24-,26+,27-,28-,29+/m0/s1. The molecule has 10 nitrogen and oxygen atoms in total. The predicted octanol–water partition coefficient (Wildman–Crippen LogP) is 2.82. The van der Waals surface area contributed by atoms with Gasteiger partial charge in [-0.2, -0.15) is 0 Å². The van der Waals surface area contributed by atoms with Gasteiger partial charge in [0.2, 0.25) is 6.29 Å². The van der Waals surface area contributed by atoms with Gasteiger partial charge in [-0.3, -0.25) is 14.4 Å². The molecule has 1 saturated carbocycles. The van der Waals surface area contributed by atoms with Gasteiger partial charge in [0.05, 0.1) is 36.4 Å². The van der Waals surface area contributed by atoms with Crippen molar-refractivity contribution in [3.05, 3.63) is 24.0 Å². The Labute approximate surface area is 229 Å². The zero-order valence-corrected chi connectivity index (χ0v) is 23.5. The summed E-state index contributed by atoms with van der Waals surface area (Å²) in [6.07, 6.45) is 3.37. The van der Waals surface area contributed by atoms with Crippen molar-refractivity contribution in [3.8, 4) is 0 Å². The van der Waals surface area contributed by atoms with Gasteiger partial charge < -0.3 is 33.5 Å². The lowest BCUT2D eigenvalue weighted by molar-refractivity contribution is -0.248. The molecule has 5 aliphatic rings. The summed E-state index contributed by atoms with van der Waals surface area (Å²) in [6.45, 7) is 10.4. The molecule has 2 saturated heterocycles. The summed E-state index contributed by atoms with van der Waals surface area (Å²) < 4.78 is 35.9. The molecule has 0 radical (unpaired) electrons. The molecule has 1 N–H and O–H groups in total. The Bertz CT molecular complexity index is 1080. The number of rotatable bonds is 7. The summed E-state index contributed by atoms with van der Waals surface area (Å²) >= 11 is 0. The molecule has 0 aromatic heterocycles. The second-order valence-corrected chi connectivity index (χ2v) is 12.0. The highest BCUT2D eigenvalue weighted by Gasteiger charge is 2.80. The van der Waals surface area contributed by atoms with E-state index in [0.29, 0.717) is 12.8 Å². The van der Waals surface area contributed by atoms with E-state index in [4.69, 9.17) is 28.4 Å². The highest BCUT2D eigenvalue weighted by molar-refractivity contribution is 5.72. The Morgan fingerprint density at radius 2 is 1.90 bits per heavy atom. The van der Waals surface area contributed by atoms with Gasteiger partial charge in [0.25, 0.3) is 0 Å². The Balaban J connectivity index is 1.65. The fourth-order valence-corrected chi connectivity index (χ4v) is 7.50. The maximum absolute atomic E-state index is 13.0. The molecule has 11 atom stereocenters. The van der Waals surface area contributed by atoms with Crippen molar-refractivity contribution in [2.24, 2.45) is 28.6 Å². The molecule has 1 spiro atoms. The third kappa shape index (κ3) is 4.21. The van der Waals surface area contributed by atoms with Gasteiger partial charge >= 0.3 is 17.9 Å². The highest BCUT2D eigenvalue weighted by atomic mass is 16.7. The summed E-state index contributed by atoms with van der Waals surface area (Å²) in [5.74, 6) is -2.16. The van der Waals surface area contributed by atoms with Crippen molar-refractivity contribution in [2.45, 2.75) is 97.1 Å². The number of carbonyl (C=O) groups is 3. The van der Waals surface area contributed by atoms with E-state index in [1.807, 2.05) is 26.0 Å². The molecule has 3 fully saturated rings. The maximum Gasteiger partial charge on any atom is 0.309 e. The van der Waals surface area contributed by atoms with Crippen LogP contribution in [-0.2, 0) is 42.8 Å². The summed E-state index contributed by atoms with van der Waals surface area (Å²) in [5.41, 5.74) is -2.14. The molecule has 0 aromatic rings. The van der Waals surface area contributed by atoms with Crippen LogP contribution in [0.5, 0.6) is 0 Å². The van der Waals surface area contributed by atoms with E-state index in [0.717, 1.165) is 5.57 Å². The third-order valence-electron chi connectivity index (χ3n) is 10.0. The molecule has 3 heterocycles. The fraction of sp³-hybridized carbons (Fsp3) is 0.759.